The molecule has 0 spiro atoms. The van der Waals surface area contributed by atoms with E-state index in [-0.39, 0.29) is 35.8 Å². The quantitative estimate of drug-likeness (QED) is 0.878. The van der Waals surface area contributed by atoms with E-state index in [2.05, 4.69) is 5.32 Å². The summed E-state index contributed by atoms with van der Waals surface area (Å²) in [4.78, 5) is 26.1. The fourth-order valence-electron chi connectivity index (χ4n) is 3.09. The first kappa shape index (κ1) is 16.0. The van der Waals surface area contributed by atoms with E-state index in [9.17, 15) is 18.0 Å². The van der Waals surface area contributed by atoms with Gasteiger partial charge >= 0.3 is 0 Å². The molecular formula is C16H20N2O4S. The van der Waals surface area contributed by atoms with Crippen LogP contribution in [0.3, 0.4) is 0 Å². The summed E-state index contributed by atoms with van der Waals surface area (Å²) in [6.07, 6.45) is 0.621. The minimum Gasteiger partial charge on any atom is -0.352 e. The van der Waals surface area contributed by atoms with Crippen LogP contribution in [0.2, 0.25) is 0 Å². The fraction of sp³-hybridized carbons (Fsp3) is 0.500. The van der Waals surface area contributed by atoms with Crippen LogP contribution in [-0.2, 0) is 19.4 Å². The van der Waals surface area contributed by atoms with Crippen LogP contribution in [0.4, 0.5) is 5.69 Å². The molecule has 2 heterocycles. The summed E-state index contributed by atoms with van der Waals surface area (Å²) < 4.78 is 22.9. The van der Waals surface area contributed by atoms with Crippen LogP contribution in [0.5, 0.6) is 0 Å². The number of aryl methyl sites for hydroxylation is 1. The van der Waals surface area contributed by atoms with Gasteiger partial charge in [0.15, 0.2) is 9.84 Å². The molecule has 1 N–H and O–H groups in total. The van der Waals surface area contributed by atoms with Crippen molar-refractivity contribution >= 4 is 27.3 Å². The highest BCUT2D eigenvalue weighted by molar-refractivity contribution is 7.91. The summed E-state index contributed by atoms with van der Waals surface area (Å²) in [6, 6.07) is 7.28. The van der Waals surface area contributed by atoms with Gasteiger partial charge in [-0.2, -0.15) is 0 Å². The van der Waals surface area contributed by atoms with Crippen molar-refractivity contribution in [2.24, 2.45) is 5.92 Å². The molecule has 7 heteroatoms. The smallest absolute Gasteiger partial charge is 0.227 e. The van der Waals surface area contributed by atoms with Gasteiger partial charge in [-0.3, -0.25) is 9.59 Å². The Hall–Kier alpha value is -1.89. The second kappa shape index (κ2) is 5.96. The SMILES string of the molecule is Cc1ccc(N2C[C@H](C(=O)N[C@@H]3CCS(=O)(=O)C3)CC2=O)cc1. The summed E-state index contributed by atoms with van der Waals surface area (Å²) >= 11 is 0. The molecule has 2 fully saturated rings. The lowest BCUT2D eigenvalue weighted by Gasteiger charge is -2.18. The average molecular weight is 336 g/mol. The minimum absolute atomic E-state index is 0.00107. The number of carbonyl (C=O) groups excluding carboxylic acids is 2. The third-order valence-corrected chi connectivity index (χ3v) is 6.19. The number of rotatable bonds is 3. The summed E-state index contributed by atoms with van der Waals surface area (Å²) in [5, 5.41) is 2.78. The molecule has 124 valence electrons. The number of hydrogen-bond acceptors (Lipinski definition) is 4. The molecule has 2 amide bonds. The molecule has 2 atom stereocenters. The maximum Gasteiger partial charge on any atom is 0.227 e. The van der Waals surface area contributed by atoms with E-state index in [4.69, 9.17) is 0 Å². The van der Waals surface area contributed by atoms with Crippen molar-refractivity contribution in [2.45, 2.75) is 25.8 Å². The van der Waals surface area contributed by atoms with Crippen molar-refractivity contribution < 1.29 is 18.0 Å². The van der Waals surface area contributed by atoms with Crippen molar-refractivity contribution in [3.63, 3.8) is 0 Å². The molecule has 1 aromatic rings. The van der Waals surface area contributed by atoms with Gasteiger partial charge in [0.1, 0.15) is 0 Å². The third kappa shape index (κ3) is 3.55. The summed E-state index contributed by atoms with van der Waals surface area (Å²) in [6.45, 7) is 2.31. The Morgan fingerprint density at radius 1 is 1.26 bits per heavy atom. The van der Waals surface area contributed by atoms with E-state index >= 15 is 0 Å². The molecule has 0 radical (unpaired) electrons. The van der Waals surface area contributed by atoms with E-state index in [1.165, 1.54) is 0 Å². The van der Waals surface area contributed by atoms with E-state index in [1.807, 2.05) is 31.2 Å². The Labute approximate surface area is 135 Å². The van der Waals surface area contributed by atoms with Gasteiger partial charge in [-0.1, -0.05) is 17.7 Å². The number of benzene rings is 1. The van der Waals surface area contributed by atoms with Crippen LogP contribution in [0.15, 0.2) is 24.3 Å². The molecule has 0 unspecified atom stereocenters. The van der Waals surface area contributed by atoms with Gasteiger partial charge in [0.05, 0.1) is 17.4 Å². The fourth-order valence-corrected chi connectivity index (χ4v) is 4.76. The highest BCUT2D eigenvalue weighted by Crippen LogP contribution is 2.26. The average Bonchev–Trinajstić information content (AvgIpc) is 3.03. The van der Waals surface area contributed by atoms with Crippen molar-refractivity contribution in [1.29, 1.82) is 0 Å². The normalized spacial score (nSPS) is 26.5. The zero-order valence-electron chi connectivity index (χ0n) is 13.0. The highest BCUT2D eigenvalue weighted by atomic mass is 32.2. The van der Waals surface area contributed by atoms with Gasteiger partial charge in [0, 0.05) is 24.7 Å². The van der Waals surface area contributed by atoms with Crippen LogP contribution in [0, 0.1) is 12.8 Å². The number of nitrogens with one attached hydrogen (secondary N) is 1. The van der Waals surface area contributed by atoms with Gasteiger partial charge in [0.2, 0.25) is 11.8 Å². The Morgan fingerprint density at radius 2 is 1.96 bits per heavy atom. The summed E-state index contributed by atoms with van der Waals surface area (Å²) in [5.41, 5.74) is 1.90. The number of anilines is 1. The highest BCUT2D eigenvalue weighted by Gasteiger charge is 2.37. The van der Waals surface area contributed by atoms with Crippen molar-refractivity contribution in [1.82, 2.24) is 5.32 Å². The molecular weight excluding hydrogens is 316 g/mol. The Kier molecular flexibility index (Phi) is 4.14. The third-order valence-electron chi connectivity index (χ3n) is 4.42. The van der Waals surface area contributed by atoms with E-state index in [0.717, 1.165) is 11.3 Å². The predicted octanol–water partition coefficient (Wildman–Crippen LogP) is 0.651. The maximum absolute atomic E-state index is 12.3. The lowest BCUT2D eigenvalue weighted by Crippen LogP contribution is -2.40. The molecule has 2 saturated heterocycles. The molecule has 1 aromatic carbocycles. The molecule has 0 saturated carbocycles. The van der Waals surface area contributed by atoms with Crippen LogP contribution in [0.1, 0.15) is 18.4 Å². The zero-order chi connectivity index (χ0) is 16.6. The predicted molar refractivity (Wildman–Crippen MR) is 86.8 cm³/mol. The Bertz CT molecular complexity index is 727. The number of nitrogens with zero attached hydrogens (tertiary/aromatic N) is 1. The van der Waals surface area contributed by atoms with Gasteiger partial charge in [-0.25, -0.2) is 8.42 Å². The monoisotopic (exact) mass is 336 g/mol. The Morgan fingerprint density at radius 3 is 2.57 bits per heavy atom. The summed E-state index contributed by atoms with van der Waals surface area (Å²) in [5.74, 6) is -0.604. The lowest BCUT2D eigenvalue weighted by atomic mass is 10.1. The summed E-state index contributed by atoms with van der Waals surface area (Å²) in [7, 11) is -3.03. The van der Waals surface area contributed by atoms with E-state index in [1.54, 1.807) is 4.90 Å². The molecule has 0 aromatic heterocycles. The van der Waals surface area contributed by atoms with Crippen LogP contribution < -0.4 is 10.2 Å². The van der Waals surface area contributed by atoms with Crippen molar-refractivity contribution in [3.05, 3.63) is 29.8 Å². The first-order valence-electron chi connectivity index (χ1n) is 7.72. The van der Waals surface area contributed by atoms with Gasteiger partial charge < -0.3 is 10.2 Å². The first-order chi connectivity index (χ1) is 10.8. The molecule has 6 nitrogen and oxygen atoms in total. The van der Waals surface area contributed by atoms with E-state index < -0.39 is 15.8 Å². The van der Waals surface area contributed by atoms with Crippen LogP contribution in [0.25, 0.3) is 0 Å². The largest absolute Gasteiger partial charge is 0.352 e. The number of sulfone groups is 1. The van der Waals surface area contributed by atoms with Crippen molar-refractivity contribution in [2.75, 3.05) is 23.0 Å². The molecule has 0 aliphatic carbocycles. The maximum atomic E-state index is 12.3. The minimum atomic E-state index is -3.03. The molecule has 23 heavy (non-hydrogen) atoms. The zero-order valence-corrected chi connectivity index (χ0v) is 13.8. The second-order valence-electron chi connectivity index (χ2n) is 6.35. The van der Waals surface area contributed by atoms with Gasteiger partial charge in [0.25, 0.3) is 0 Å². The standard InChI is InChI=1S/C16H20N2O4S/c1-11-2-4-14(5-3-11)18-9-12(8-15(18)19)16(20)17-13-6-7-23(21,22)10-13/h2-5,12-13H,6-10H2,1H3,(H,17,20)/t12-,13-/m1/s1. The van der Waals surface area contributed by atoms with Gasteiger partial charge in [-0.05, 0) is 25.5 Å². The van der Waals surface area contributed by atoms with E-state index in [0.29, 0.717) is 13.0 Å². The Balaban J connectivity index is 1.63. The first-order valence-corrected chi connectivity index (χ1v) is 9.54. The second-order valence-corrected chi connectivity index (χ2v) is 8.58. The number of hydrogen-bond donors (Lipinski definition) is 1. The van der Waals surface area contributed by atoms with Crippen LogP contribution in [-0.4, -0.2) is 44.3 Å². The number of carbonyl (C=O) groups is 2. The van der Waals surface area contributed by atoms with Gasteiger partial charge in [-0.15, -0.1) is 0 Å². The van der Waals surface area contributed by atoms with Crippen molar-refractivity contribution in [3.8, 4) is 0 Å². The van der Waals surface area contributed by atoms with Crippen LogP contribution >= 0.6 is 0 Å². The molecule has 0 bridgehead atoms. The topological polar surface area (TPSA) is 83.6 Å². The molecule has 2 aliphatic heterocycles. The molecule has 2 aliphatic rings. The number of amides is 2. The lowest BCUT2D eigenvalue weighted by molar-refractivity contribution is -0.126. The molecule has 3 rings (SSSR count).